The Morgan fingerprint density at radius 1 is 1.25 bits per heavy atom. The van der Waals surface area contributed by atoms with Crippen LogP contribution in [0, 0.1) is 5.92 Å². The van der Waals surface area contributed by atoms with Gasteiger partial charge in [-0.2, -0.15) is 0 Å². The van der Waals surface area contributed by atoms with E-state index in [9.17, 15) is 9.59 Å². The van der Waals surface area contributed by atoms with Crippen LogP contribution < -0.4 is 4.74 Å². The summed E-state index contributed by atoms with van der Waals surface area (Å²) in [5, 5.41) is 0. The first-order chi connectivity index (χ1) is 11.7. The highest BCUT2D eigenvalue weighted by Crippen LogP contribution is 2.21. The van der Waals surface area contributed by atoms with Crippen LogP contribution >= 0.6 is 0 Å². The summed E-state index contributed by atoms with van der Waals surface area (Å²) in [6.07, 6.45) is 3.71. The molecule has 3 heterocycles. The highest BCUT2D eigenvalue weighted by atomic mass is 16.5. The monoisotopic (exact) mass is 334 g/mol. The normalized spacial score (nSPS) is 21.5. The highest BCUT2D eigenvalue weighted by Gasteiger charge is 2.28. The summed E-state index contributed by atoms with van der Waals surface area (Å²) in [5.41, 5.74) is 0.529. The van der Waals surface area contributed by atoms with Gasteiger partial charge in [-0.3, -0.25) is 9.59 Å². The number of nitrogens with zero attached hydrogens (tertiary/aromatic N) is 2. The summed E-state index contributed by atoms with van der Waals surface area (Å²) in [5.74, 6) is 0.135. The molecule has 0 bridgehead atoms. The second-order valence-electron chi connectivity index (χ2n) is 6.08. The van der Waals surface area contributed by atoms with Crippen molar-refractivity contribution in [2.75, 3.05) is 33.4 Å². The Bertz CT molecular complexity index is 575. The van der Waals surface area contributed by atoms with Crippen LogP contribution in [0.4, 0.5) is 0 Å². The van der Waals surface area contributed by atoms with Gasteiger partial charge in [-0.15, -0.1) is 0 Å². The molecule has 2 aliphatic heterocycles. The third kappa shape index (κ3) is 3.84. The van der Waals surface area contributed by atoms with Crippen LogP contribution in [-0.4, -0.2) is 61.3 Å². The molecule has 2 saturated heterocycles. The first-order valence-electron chi connectivity index (χ1n) is 8.25. The van der Waals surface area contributed by atoms with Crippen molar-refractivity contribution in [3.05, 3.63) is 23.9 Å². The second kappa shape index (κ2) is 7.61. The molecule has 2 aliphatic rings. The lowest BCUT2D eigenvalue weighted by molar-refractivity contribution is -0.146. The number of hydrogen-bond acceptors (Lipinski definition) is 6. The maximum atomic E-state index is 12.5. The predicted octanol–water partition coefficient (Wildman–Crippen LogP) is 1.27. The van der Waals surface area contributed by atoms with Crippen molar-refractivity contribution in [1.82, 2.24) is 9.88 Å². The van der Waals surface area contributed by atoms with Crippen molar-refractivity contribution in [1.29, 1.82) is 0 Å². The average Bonchev–Trinajstić information content (AvgIpc) is 3.14. The quantitative estimate of drug-likeness (QED) is 0.772. The molecule has 7 heteroatoms. The van der Waals surface area contributed by atoms with Crippen LogP contribution in [0.1, 0.15) is 29.6 Å². The van der Waals surface area contributed by atoms with E-state index in [-0.39, 0.29) is 23.9 Å². The van der Waals surface area contributed by atoms with E-state index >= 15 is 0 Å². The molecule has 1 aromatic rings. The van der Waals surface area contributed by atoms with Gasteiger partial charge in [0.05, 0.1) is 31.8 Å². The number of carbonyl (C=O) groups is 2. The fourth-order valence-electron chi connectivity index (χ4n) is 3.02. The van der Waals surface area contributed by atoms with E-state index in [2.05, 4.69) is 4.98 Å². The van der Waals surface area contributed by atoms with E-state index in [0.29, 0.717) is 50.6 Å². The summed E-state index contributed by atoms with van der Waals surface area (Å²) in [7, 11) is 1.40. The number of aromatic nitrogens is 1. The van der Waals surface area contributed by atoms with Crippen LogP contribution in [-0.2, 0) is 14.3 Å². The molecule has 1 amide bonds. The third-order valence-electron chi connectivity index (χ3n) is 4.48. The average molecular weight is 334 g/mol. The van der Waals surface area contributed by atoms with Gasteiger partial charge in [-0.05, 0) is 18.9 Å². The maximum absolute atomic E-state index is 12.5. The molecule has 7 nitrogen and oxygen atoms in total. The van der Waals surface area contributed by atoms with Crippen molar-refractivity contribution in [3.63, 3.8) is 0 Å². The number of amides is 1. The Labute approximate surface area is 140 Å². The first kappa shape index (κ1) is 16.7. The lowest BCUT2D eigenvalue weighted by Gasteiger charge is -2.30. The van der Waals surface area contributed by atoms with Crippen LogP contribution in [0.2, 0.25) is 0 Å². The number of carbonyl (C=O) groups excluding carboxylic acids is 2. The number of ether oxygens (including phenoxy) is 3. The number of likely N-dealkylation sites (tertiary alicyclic amines) is 1. The number of piperidine rings is 1. The molecule has 0 spiro atoms. The van der Waals surface area contributed by atoms with E-state index in [1.54, 1.807) is 23.2 Å². The minimum atomic E-state index is -0.193. The molecular formula is C17H22N2O5. The lowest BCUT2D eigenvalue weighted by atomic mass is 9.96. The molecule has 1 atom stereocenters. The van der Waals surface area contributed by atoms with Gasteiger partial charge in [-0.1, -0.05) is 0 Å². The van der Waals surface area contributed by atoms with Crippen LogP contribution in [0.15, 0.2) is 18.3 Å². The minimum Gasteiger partial charge on any atom is -0.472 e. The predicted molar refractivity (Wildman–Crippen MR) is 84.7 cm³/mol. The van der Waals surface area contributed by atoms with Gasteiger partial charge in [0.25, 0.3) is 5.91 Å². The van der Waals surface area contributed by atoms with E-state index in [0.717, 1.165) is 6.42 Å². The zero-order chi connectivity index (χ0) is 16.9. The summed E-state index contributed by atoms with van der Waals surface area (Å²) in [4.78, 5) is 30.0. The van der Waals surface area contributed by atoms with Crippen molar-refractivity contribution < 1.29 is 23.8 Å². The SMILES string of the molecule is COC(=O)C1CCN(C(=O)c2ccc(OC3CCOC3)nc2)CC1. The molecule has 0 saturated carbocycles. The van der Waals surface area contributed by atoms with E-state index in [1.165, 1.54) is 7.11 Å². The lowest BCUT2D eigenvalue weighted by Crippen LogP contribution is -2.40. The third-order valence-corrected chi connectivity index (χ3v) is 4.48. The van der Waals surface area contributed by atoms with Crippen LogP contribution in [0.5, 0.6) is 5.88 Å². The van der Waals surface area contributed by atoms with Crippen molar-refractivity contribution >= 4 is 11.9 Å². The van der Waals surface area contributed by atoms with Crippen molar-refractivity contribution in [2.24, 2.45) is 5.92 Å². The number of rotatable bonds is 4. The van der Waals surface area contributed by atoms with Gasteiger partial charge < -0.3 is 19.1 Å². The molecule has 130 valence electrons. The molecule has 0 aromatic carbocycles. The Morgan fingerprint density at radius 2 is 2.04 bits per heavy atom. The van der Waals surface area contributed by atoms with Crippen molar-refractivity contribution in [3.8, 4) is 5.88 Å². The van der Waals surface area contributed by atoms with Gasteiger partial charge in [0, 0.05) is 31.8 Å². The second-order valence-corrected chi connectivity index (χ2v) is 6.08. The van der Waals surface area contributed by atoms with Crippen molar-refractivity contribution in [2.45, 2.75) is 25.4 Å². The molecular weight excluding hydrogens is 312 g/mol. The summed E-state index contributed by atoms with van der Waals surface area (Å²) in [6.45, 7) is 2.40. The Balaban J connectivity index is 1.54. The Kier molecular flexibility index (Phi) is 5.30. The number of hydrogen-bond donors (Lipinski definition) is 0. The minimum absolute atomic E-state index is 0.0383. The number of esters is 1. The fraction of sp³-hybridized carbons (Fsp3) is 0.588. The van der Waals surface area contributed by atoms with Gasteiger partial charge in [0.2, 0.25) is 5.88 Å². The van der Waals surface area contributed by atoms with Gasteiger partial charge >= 0.3 is 5.97 Å². The first-order valence-corrected chi connectivity index (χ1v) is 8.25. The van der Waals surface area contributed by atoms with Crippen LogP contribution in [0.25, 0.3) is 0 Å². The molecule has 3 rings (SSSR count). The van der Waals surface area contributed by atoms with E-state index < -0.39 is 0 Å². The van der Waals surface area contributed by atoms with Gasteiger partial charge in [-0.25, -0.2) is 4.98 Å². The Morgan fingerprint density at radius 3 is 2.62 bits per heavy atom. The zero-order valence-corrected chi connectivity index (χ0v) is 13.8. The van der Waals surface area contributed by atoms with E-state index in [1.807, 2.05) is 0 Å². The molecule has 24 heavy (non-hydrogen) atoms. The highest BCUT2D eigenvalue weighted by molar-refractivity contribution is 5.94. The Hall–Kier alpha value is -2.15. The number of pyridine rings is 1. The molecule has 0 N–H and O–H groups in total. The van der Waals surface area contributed by atoms with Gasteiger partial charge in [0.15, 0.2) is 0 Å². The maximum Gasteiger partial charge on any atom is 0.308 e. The topological polar surface area (TPSA) is 78.0 Å². The van der Waals surface area contributed by atoms with Gasteiger partial charge in [0.1, 0.15) is 6.10 Å². The molecule has 1 aromatic heterocycles. The summed E-state index contributed by atoms with van der Waals surface area (Å²) < 4.78 is 15.7. The largest absolute Gasteiger partial charge is 0.472 e. The fourth-order valence-corrected chi connectivity index (χ4v) is 3.02. The standard InChI is InChI=1S/C17H22N2O5/c1-22-17(21)12-4-7-19(8-5-12)16(20)13-2-3-15(18-10-13)24-14-6-9-23-11-14/h2-3,10,12,14H,4-9,11H2,1H3. The smallest absolute Gasteiger partial charge is 0.308 e. The van der Waals surface area contributed by atoms with E-state index in [4.69, 9.17) is 14.2 Å². The molecule has 1 unspecified atom stereocenters. The summed E-state index contributed by atoms with van der Waals surface area (Å²) in [6, 6.07) is 3.44. The molecule has 2 fully saturated rings. The molecule has 0 aliphatic carbocycles. The summed E-state index contributed by atoms with van der Waals surface area (Å²) >= 11 is 0. The zero-order valence-electron chi connectivity index (χ0n) is 13.8. The van der Waals surface area contributed by atoms with Crippen LogP contribution in [0.3, 0.4) is 0 Å². The number of methoxy groups -OCH3 is 1. The molecule has 0 radical (unpaired) electrons.